The first-order valence-corrected chi connectivity index (χ1v) is 7.72. The van der Waals surface area contributed by atoms with Crippen molar-refractivity contribution in [3.05, 3.63) is 42.0 Å². The number of hydrogen-bond donors (Lipinski definition) is 1. The van der Waals surface area contributed by atoms with Crippen molar-refractivity contribution in [2.75, 3.05) is 31.6 Å². The van der Waals surface area contributed by atoms with Crippen molar-refractivity contribution in [2.45, 2.75) is 20.0 Å². The van der Waals surface area contributed by atoms with E-state index in [2.05, 4.69) is 40.3 Å². The van der Waals surface area contributed by atoms with Gasteiger partial charge in [0, 0.05) is 18.7 Å². The normalized spacial score (nSPS) is 17.2. The van der Waals surface area contributed by atoms with Gasteiger partial charge in [0.05, 0.1) is 25.1 Å². The molecule has 0 aliphatic carbocycles. The first-order chi connectivity index (χ1) is 10.7. The number of hydrogen-bond acceptors (Lipinski definition) is 5. The molecule has 5 nitrogen and oxygen atoms in total. The molecule has 1 aliphatic rings. The third kappa shape index (κ3) is 3.43. The number of nitrogens with one attached hydrogen (secondary N) is 1. The molecule has 0 saturated carbocycles. The molecule has 1 atom stereocenters. The molecule has 0 spiro atoms. The Labute approximate surface area is 131 Å². The number of aryl methyl sites for hydroxylation is 1. The Balaban J connectivity index is 1.72. The zero-order valence-corrected chi connectivity index (χ0v) is 13.1. The molecule has 2 aromatic rings. The van der Waals surface area contributed by atoms with Gasteiger partial charge in [-0.05, 0) is 25.5 Å². The second kappa shape index (κ2) is 6.85. The van der Waals surface area contributed by atoms with E-state index >= 15 is 0 Å². The highest BCUT2D eigenvalue weighted by atomic mass is 16.5. The van der Waals surface area contributed by atoms with Crippen LogP contribution in [0.15, 0.2) is 36.4 Å². The minimum absolute atomic E-state index is 0.222. The molecule has 1 saturated heterocycles. The fourth-order valence-corrected chi connectivity index (χ4v) is 2.63. The number of morpholine rings is 1. The second-order valence-corrected chi connectivity index (χ2v) is 5.60. The van der Waals surface area contributed by atoms with E-state index in [1.807, 2.05) is 30.3 Å². The maximum atomic E-state index is 5.39. The summed E-state index contributed by atoms with van der Waals surface area (Å²) in [6, 6.07) is 12.2. The summed E-state index contributed by atoms with van der Waals surface area (Å²) in [4.78, 5) is 2.36. The molecule has 22 heavy (non-hydrogen) atoms. The molecule has 1 aromatic carbocycles. The molecule has 3 rings (SSSR count). The average molecular weight is 298 g/mol. The summed E-state index contributed by atoms with van der Waals surface area (Å²) >= 11 is 0. The van der Waals surface area contributed by atoms with Crippen LogP contribution in [0.1, 0.15) is 12.5 Å². The van der Waals surface area contributed by atoms with Crippen molar-refractivity contribution in [1.29, 1.82) is 0 Å². The summed E-state index contributed by atoms with van der Waals surface area (Å²) in [7, 11) is 0. The Kier molecular flexibility index (Phi) is 4.65. The van der Waals surface area contributed by atoms with Crippen LogP contribution in [0.2, 0.25) is 0 Å². The third-order valence-electron chi connectivity index (χ3n) is 3.99. The lowest BCUT2D eigenvalue weighted by Crippen LogP contribution is -2.45. The van der Waals surface area contributed by atoms with Crippen LogP contribution in [0.25, 0.3) is 11.3 Å². The minimum Gasteiger partial charge on any atom is -0.379 e. The Bertz CT molecular complexity index is 611. The standard InChI is InChI=1S/C17H22N4O/c1-13-12-16(15-6-4-3-5-7-15)19-20-17(13)18-14(2)21-8-10-22-11-9-21/h3-7,12,14H,8-11H2,1-2H3,(H,18,20). The Morgan fingerprint density at radius 2 is 1.86 bits per heavy atom. The van der Waals surface area contributed by atoms with Crippen molar-refractivity contribution < 1.29 is 4.74 Å². The van der Waals surface area contributed by atoms with Gasteiger partial charge in [0.2, 0.25) is 0 Å². The molecule has 0 radical (unpaired) electrons. The number of anilines is 1. The minimum atomic E-state index is 0.222. The molecule has 116 valence electrons. The van der Waals surface area contributed by atoms with Crippen LogP contribution in [0.4, 0.5) is 5.82 Å². The van der Waals surface area contributed by atoms with Crippen LogP contribution in [0, 0.1) is 6.92 Å². The maximum absolute atomic E-state index is 5.39. The van der Waals surface area contributed by atoms with Gasteiger partial charge in [0.25, 0.3) is 0 Å². The Hall–Kier alpha value is -1.98. The van der Waals surface area contributed by atoms with Gasteiger partial charge < -0.3 is 10.1 Å². The lowest BCUT2D eigenvalue weighted by Gasteiger charge is -2.33. The number of rotatable bonds is 4. The molecule has 1 unspecified atom stereocenters. The predicted molar refractivity (Wildman–Crippen MR) is 87.7 cm³/mol. The van der Waals surface area contributed by atoms with Gasteiger partial charge in [-0.15, -0.1) is 10.2 Å². The van der Waals surface area contributed by atoms with Crippen LogP contribution in [-0.2, 0) is 4.74 Å². The summed E-state index contributed by atoms with van der Waals surface area (Å²) in [6.07, 6.45) is 0.222. The monoisotopic (exact) mass is 298 g/mol. The fourth-order valence-electron chi connectivity index (χ4n) is 2.63. The van der Waals surface area contributed by atoms with Gasteiger partial charge in [-0.2, -0.15) is 0 Å². The molecular formula is C17H22N4O. The summed E-state index contributed by atoms with van der Waals surface area (Å²) < 4.78 is 5.39. The maximum Gasteiger partial charge on any atom is 0.152 e. The lowest BCUT2D eigenvalue weighted by molar-refractivity contribution is 0.0253. The van der Waals surface area contributed by atoms with E-state index < -0.39 is 0 Å². The van der Waals surface area contributed by atoms with Gasteiger partial charge in [-0.25, -0.2) is 0 Å². The molecule has 1 fully saturated rings. The van der Waals surface area contributed by atoms with Crippen LogP contribution >= 0.6 is 0 Å². The van der Waals surface area contributed by atoms with Crippen molar-refractivity contribution in [3.63, 3.8) is 0 Å². The molecule has 2 heterocycles. The molecule has 1 aliphatic heterocycles. The van der Waals surface area contributed by atoms with E-state index in [9.17, 15) is 0 Å². The highest BCUT2D eigenvalue weighted by Crippen LogP contribution is 2.20. The van der Waals surface area contributed by atoms with Crippen molar-refractivity contribution in [1.82, 2.24) is 15.1 Å². The molecular weight excluding hydrogens is 276 g/mol. The lowest BCUT2D eigenvalue weighted by atomic mass is 10.1. The van der Waals surface area contributed by atoms with Gasteiger partial charge in [0.1, 0.15) is 0 Å². The number of benzene rings is 1. The fraction of sp³-hybridized carbons (Fsp3) is 0.412. The Morgan fingerprint density at radius 3 is 2.55 bits per heavy atom. The molecule has 1 aromatic heterocycles. The smallest absolute Gasteiger partial charge is 0.152 e. The number of aromatic nitrogens is 2. The average Bonchev–Trinajstić information content (AvgIpc) is 2.58. The van der Waals surface area contributed by atoms with Crippen molar-refractivity contribution in [3.8, 4) is 11.3 Å². The number of nitrogens with zero attached hydrogens (tertiary/aromatic N) is 3. The van der Waals surface area contributed by atoms with Crippen LogP contribution in [-0.4, -0.2) is 47.6 Å². The van der Waals surface area contributed by atoms with E-state index in [-0.39, 0.29) is 6.17 Å². The zero-order valence-electron chi connectivity index (χ0n) is 13.1. The van der Waals surface area contributed by atoms with Crippen LogP contribution < -0.4 is 5.32 Å². The largest absolute Gasteiger partial charge is 0.379 e. The van der Waals surface area contributed by atoms with Gasteiger partial charge in [-0.3, -0.25) is 4.90 Å². The Morgan fingerprint density at radius 1 is 1.14 bits per heavy atom. The SMILES string of the molecule is Cc1cc(-c2ccccc2)nnc1NC(C)N1CCOCC1. The highest BCUT2D eigenvalue weighted by molar-refractivity contribution is 5.61. The molecule has 0 bridgehead atoms. The van der Waals surface area contributed by atoms with Crippen molar-refractivity contribution >= 4 is 5.82 Å². The summed E-state index contributed by atoms with van der Waals surface area (Å²) in [5.74, 6) is 0.846. The van der Waals surface area contributed by atoms with E-state index in [1.54, 1.807) is 0 Å². The van der Waals surface area contributed by atoms with Crippen LogP contribution in [0.3, 0.4) is 0 Å². The number of ether oxygens (including phenoxy) is 1. The van der Waals surface area contributed by atoms with Gasteiger partial charge >= 0.3 is 0 Å². The summed E-state index contributed by atoms with van der Waals surface area (Å²) in [5, 5.41) is 12.2. The first kappa shape index (κ1) is 14.9. The van der Waals surface area contributed by atoms with Gasteiger partial charge in [0.15, 0.2) is 5.82 Å². The zero-order chi connectivity index (χ0) is 15.4. The highest BCUT2D eigenvalue weighted by Gasteiger charge is 2.18. The van der Waals surface area contributed by atoms with E-state index in [4.69, 9.17) is 4.74 Å². The van der Waals surface area contributed by atoms with Gasteiger partial charge in [-0.1, -0.05) is 30.3 Å². The molecule has 1 N–H and O–H groups in total. The summed E-state index contributed by atoms with van der Waals surface area (Å²) in [6.45, 7) is 7.70. The quantitative estimate of drug-likeness (QED) is 0.940. The molecule has 0 amide bonds. The van der Waals surface area contributed by atoms with E-state index in [1.165, 1.54) is 0 Å². The first-order valence-electron chi connectivity index (χ1n) is 7.72. The predicted octanol–water partition coefficient (Wildman–Crippen LogP) is 2.54. The van der Waals surface area contributed by atoms with Crippen molar-refractivity contribution in [2.24, 2.45) is 0 Å². The van der Waals surface area contributed by atoms with E-state index in [0.717, 1.165) is 48.9 Å². The van der Waals surface area contributed by atoms with Crippen LogP contribution in [0.5, 0.6) is 0 Å². The second-order valence-electron chi connectivity index (χ2n) is 5.60. The summed E-state index contributed by atoms with van der Waals surface area (Å²) in [5.41, 5.74) is 3.10. The topological polar surface area (TPSA) is 50.3 Å². The van der Waals surface area contributed by atoms with E-state index in [0.29, 0.717) is 0 Å². The molecule has 5 heteroatoms. The third-order valence-corrected chi connectivity index (χ3v) is 3.99.